The summed E-state index contributed by atoms with van der Waals surface area (Å²) in [6.07, 6.45) is 0.815. The Morgan fingerprint density at radius 1 is 1.38 bits per heavy atom. The Morgan fingerprint density at radius 2 is 1.94 bits per heavy atom. The molecule has 0 atom stereocenters. The molecule has 5 nitrogen and oxygen atoms in total. The van der Waals surface area contributed by atoms with Gasteiger partial charge in [-0.3, -0.25) is 9.59 Å². The van der Waals surface area contributed by atoms with Gasteiger partial charge in [0, 0.05) is 6.54 Å². The van der Waals surface area contributed by atoms with Crippen molar-refractivity contribution in [2.45, 2.75) is 27.2 Å². The van der Waals surface area contributed by atoms with Crippen molar-refractivity contribution in [3.63, 3.8) is 0 Å². The van der Waals surface area contributed by atoms with Crippen LogP contribution in [0.15, 0.2) is 0 Å². The second-order valence-corrected chi connectivity index (χ2v) is 5.45. The molecular formula is C11H19NO4. The predicted octanol–water partition coefficient (Wildman–Crippen LogP) is 0.640. The highest BCUT2D eigenvalue weighted by Gasteiger charge is 2.53. The molecule has 1 aliphatic rings. The zero-order valence-corrected chi connectivity index (χ0v) is 10.0. The quantitative estimate of drug-likeness (QED) is 0.694. The number of aliphatic carboxylic acids is 1. The average Bonchev–Trinajstić information content (AvgIpc) is 1.97. The first-order valence-corrected chi connectivity index (χ1v) is 5.37. The highest BCUT2D eigenvalue weighted by atomic mass is 16.5. The molecule has 1 saturated heterocycles. The van der Waals surface area contributed by atoms with Crippen LogP contribution in [0.1, 0.15) is 27.2 Å². The number of rotatable bonds is 4. The van der Waals surface area contributed by atoms with E-state index in [4.69, 9.17) is 9.84 Å². The van der Waals surface area contributed by atoms with Crippen LogP contribution in [0.2, 0.25) is 0 Å². The Morgan fingerprint density at radius 3 is 2.25 bits per heavy atom. The maximum absolute atomic E-state index is 11.7. The lowest BCUT2D eigenvalue weighted by Gasteiger charge is -2.35. The molecule has 92 valence electrons. The highest BCUT2D eigenvalue weighted by molar-refractivity contribution is 6.03. The van der Waals surface area contributed by atoms with Crippen LogP contribution in [-0.4, -0.2) is 36.7 Å². The first kappa shape index (κ1) is 13.0. The van der Waals surface area contributed by atoms with Crippen LogP contribution in [-0.2, 0) is 14.3 Å². The molecule has 1 heterocycles. The zero-order chi connectivity index (χ0) is 12.4. The smallest absolute Gasteiger partial charge is 0.324 e. The van der Waals surface area contributed by atoms with Gasteiger partial charge in [0.25, 0.3) is 0 Å². The SMILES string of the molecule is CC(C)(C)CCNC(=O)C1(C(=O)O)COC1. The minimum atomic E-state index is -1.35. The fourth-order valence-electron chi connectivity index (χ4n) is 1.38. The van der Waals surface area contributed by atoms with E-state index in [1.54, 1.807) is 0 Å². The molecule has 16 heavy (non-hydrogen) atoms. The van der Waals surface area contributed by atoms with Crippen LogP contribution in [0.25, 0.3) is 0 Å². The Bertz CT molecular complexity index is 289. The van der Waals surface area contributed by atoms with E-state index in [-0.39, 0.29) is 18.6 Å². The lowest BCUT2D eigenvalue weighted by Crippen LogP contribution is -2.59. The van der Waals surface area contributed by atoms with Crippen LogP contribution >= 0.6 is 0 Å². The maximum Gasteiger partial charge on any atom is 0.324 e. The van der Waals surface area contributed by atoms with Crippen molar-refractivity contribution in [1.82, 2.24) is 5.32 Å². The van der Waals surface area contributed by atoms with E-state index >= 15 is 0 Å². The number of carbonyl (C=O) groups excluding carboxylic acids is 1. The normalized spacial score (nSPS) is 18.7. The van der Waals surface area contributed by atoms with Crippen LogP contribution < -0.4 is 5.32 Å². The first-order valence-electron chi connectivity index (χ1n) is 5.37. The minimum absolute atomic E-state index is 0.0241. The first-order chi connectivity index (χ1) is 7.28. The van der Waals surface area contributed by atoms with Gasteiger partial charge in [-0.15, -0.1) is 0 Å². The van der Waals surface area contributed by atoms with Gasteiger partial charge < -0.3 is 15.2 Å². The molecule has 1 aliphatic heterocycles. The standard InChI is InChI=1S/C11H19NO4/c1-10(2,3)4-5-12-8(13)11(9(14)15)6-16-7-11/h4-7H2,1-3H3,(H,12,13)(H,14,15). The number of hydrogen-bond acceptors (Lipinski definition) is 3. The molecule has 0 aliphatic carbocycles. The third-order valence-electron chi connectivity index (χ3n) is 2.70. The van der Waals surface area contributed by atoms with Gasteiger partial charge in [-0.05, 0) is 11.8 Å². The summed E-state index contributed by atoms with van der Waals surface area (Å²) in [5.41, 5.74) is -1.22. The van der Waals surface area contributed by atoms with E-state index in [1.165, 1.54) is 0 Å². The number of carbonyl (C=O) groups is 2. The van der Waals surface area contributed by atoms with Crippen molar-refractivity contribution in [1.29, 1.82) is 0 Å². The highest BCUT2D eigenvalue weighted by Crippen LogP contribution is 2.28. The van der Waals surface area contributed by atoms with E-state index in [0.717, 1.165) is 6.42 Å². The number of hydrogen-bond donors (Lipinski definition) is 2. The zero-order valence-electron chi connectivity index (χ0n) is 10.0. The van der Waals surface area contributed by atoms with Crippen molar-refractivity contribution in [2.24, 2.45) is 10.8 Å². The summed E-state index contributed by atoms with van der Waals surface area (Å²) in [7, 11) is 0. The van der Waals surface area contributed by atoms with Crippen molar-refractivity contribution in [2.75, 3.05) is 19.8 Å². The molecule has 1 amide bonds. The molecule has 0 aromatic heterocycles. The molecule has 1 rings (SSSR count). The fraction of sp³-hybridized carbons (Fsp3) is 0.818. The number of carboxylic acid groups (broad SMARTS) is 1. The molecule has 5 heteroatoms. The van der Waals surface area contributed by atoms with Crippen LogP contribution in [0.5, 0.6) is 0 Å². The van der Waals surface area contributed by atoms with E-state index in [0.29, 0.717) is 6.54 Å². The number of nitrogens with one attached hydrogen (secondary N) is 1. The molecule has 0 radical (unpaired) electrons. The summed E-state index contributed by atoms with van der Waals surface area (Å²) in [6, 6.07) is 0. The van der Waals surface area contributed by atoms with Crippen LogP contribution in [0.3, 0.4) is 0 Å². The second-order valence-electron chi connectivity index (χ2n) is 5.45. The van der Waals surface area contributed by atoms with Gasteiger partial charge in [0.2, 0.25) is 5.91 Å². The molecule has 0 bridgehead atoms. The monoisotopic (exact) mass is 229 g/mol. The van der Waals surface area contributed by atoms with Crippen LogP contribution in [0.4, 0.5) is 0 Å². The van der Waals surface area contributed by atoms with Crippen LogP contribution in [0, 0.1) is 10.8 Å². The largest absolute Gasteiger partial charge is 0.480 e. The predicted molar refractivity (Wildman–Crippen MR) is 58.0 cm³/mol. The van der Waals surface area contributed by atoms with Gasteiger partial charge in [-0.25, -0.2) is 0 Å². The molecule has 1 fully saturated rings. The Labute approximate surface area is 95.2 Å². The summed E-state index contributed by atoms with van der Waals surface area (Å²) in [6.45, 7) is 6.65. The van der Waals surface area contributed by atoms with Crippen molar-refractivity contribution in [3.8, 4) is 0 Å². The minimum Gasteiger partial charge on any atom is -0.480 e. The number of amides is 1. The average molecular weight is 229 g/mol. The molecule has 2 N–H and O–H groups in total. The lowest BCUT2D eigenvalue weighted by molar-refractivity contribution is -0.185. The third-order valence-corrected chi connectivity index (χ3v) is 2.70. The molecule has 0 aromatic rings. The molecule has 0 saturated carbocycles. The summed E-state index contributed by atoms with van der Waals surface area (Å²) >= 11 is 0. The summed E-state index contributed by atoms with van der Waals surface area (Å²) in [5, 5.41) is 11.6. The number of ether oxygens (including phenoxy) is 1. The summed E-state index contributed by atoms with van der Waals surface area (Å²) < 4.78 is 4.83. The van der Waals surface area contributed by atoms with Gasteiger partial charge in [0.05, 0.1) is 13.2 Å². The Kier molecular flexibility index (Phi) is 3.57. The van der Waals surface area contributed by atoms with Crippen molar-refractivity contribution >= 4 is 11.9 Å². The maximum atomic E-state index is 11.7. The van der Waals surface area contributed by atoms with E-state index in [2.05, 4.69) is 26.1 Å². The summed E-state index contributed by atoms with van der Waals surface area (Å²) in [4.78, 5) is 22.7. The van der Waals surface area contributed by atoms with E-state index in [9.17, 15) is 9.59 Å². The van der Waals surface area contributed by atoms with Gasteiger partial charge in [0.15, 0.2) is 5.41 Å². The van der Waals surface area contributed by atoms with Gasteiger partial charge in [-0.1, -0.05) is 20.8 Å². The van der Waals surface area contributed by atoms with Gasteiger partial charge in [0.1, 0.15) is 0 Å². The van der Waals surface area contributed by atoms with Gasteiger partial charge in [-0.2, -0.15) is 0 Å². The summed E-state index contributed by atoms with van der Waals surface area (Å²) in [5.74, 6) is -1.54. The van der Waals surface area contributed by atoms with E-state index in [1.807, 2.05) is 0 Å². The fourth-order valence-corrected chi connectivity index (χ4v) is 1.38. The molecule has 0 unspecified atom stereocenters. The molecular weight excluding hydrogens is 210 g/mol. The topological polar surface area (TPSA) is 75.6 Å². The van der Waals surface area contributed by atoms with E-state index < -0.39 is 17.3 Å². The molecule has 0 spiro atoms. The van der Waals surface area contributed by atoms with Crippen molar-refractivity contribution < 1.29 is 19.4 Å². The van der Waals surface area contributed by atoms with Crippen molar-refractivity contribution in [3.05, 3.63) is 0 Å². The Hall–Kier alpha value is -1.10. The second kappa shape index (κ2) is 4.41. The third kappa shape index (κ3) is 2.72. The number of carboxylic acids is 1. The Balaban J connectivity index is 2.43. The lowest BCUT2D eigenvalue weighted by atomic mass is 9.84. The van der Waals surface area contributed by atoms with Gasteiger partial charge >= 0.3 is 5.97 Å². The molecule has 0 aromatic carbocycles.